The number of unbranched alkanes of at least 4 members (excludes halogenated alkanes) is 4. The van der Waals surface area contributed by atoms with Crippen LogP contribution in [-0.2, 0) is 9.53 Å². The van der Waals surface area contributed by atoms with Crippen molar-refractivity contribution in [2.45, 2.75) is 95.7 Å². The summed E-state index contributed by atoms with van der Waals surface area (Å²) in [5.74, 6) is 0.469. The van der Waals surface area contributed by atoms with E-state index in [1.165, 1.54) is 25.7 Å². The van der Waals surface area contributed by atoms with Crippen LogP contribution in [-0.4, -0.2) is 63.3 Å². The summed E-state index contributed by atoms with van der Waals surface area (Å²) in [5, 5.41) is 39.7. The molecule has 1 aliphatic heterocycles. The lowest BCUT2D eigenvalue weighted by Crippen LogP contribution is -2.59. The number of Topliss-reactive ketones (excluding diaryl/α,β-unsaturated/α-hetero) is 1. The zero-order valence-electron chi connectivity index (χ0n) is 16.6. The maximum Gasteiger partial charge on any atom is 0.161 e. The maximum absolute atomic E-state index is 12.8. The van der Waals surface area contributed by atoms with E-state index in [9.17, 15) is 25.2 Å². The number of aliphatic hydroxyl groups excluding tert-OH is 4. The predicted octanol–water partition coefficient (Wildman–Crippen LogP) is 1.73. The number of rotatable bonds is 9. The van der Waals surface area contributed by atoms with Crippen LogP contribution < -0.4 is 0 Å². The van der Waals surface area contributed by atoms with E-state index >= 15 is 0 Å². The molecule has 4 N–H and O–H groups in total. The molecule has 2 rings (SSSR count). The Morgan fingerprint density at radius 3 is 2.37 bits per heavy atom. The van der Waals surface area contributed by atoms with E-state index in [1.54, 1.807) is 0 Å². The molecular formula is C21H36O6. The van der Waals surface area contributed by atoms with E-state index in [-0.39, 0.29) is 11.7 Å². The van der Waals surface area contributed by atoms with Crippen molar-refractivity contribution < 1.29 is 30.0 Å². The fraction of sp³-hybridized carbons (Fsp3) is 0.857. The van der Waals surface area contributed by atoms with Crippen LogP contribution in [0.15, 0.2) is 11.6 Å². The Bertz CT molecular complexity index is 503. The van der Waals surface area contributed by atoms with Gasteiger partial charge in [-0.2, -0.15) is 0 Å². The Balaban J connectivity index is 2.07. The minimum atomic E-state index is -1.45. The zero-order chi connectivity index (χ0) is 20.0. The average molecular weight is 385 g/mol. The number of ether oxygens (including phenoxy) is 1. The van der Waals surface area contributed by atoms with Gasteiger partial charge >= 0.3 is 0 Å². The second kappa shape index (κ2) is 10.7. The van der Waals surface area contributed by atoms with Gasteiger partial charge in [0.15, 0.2) is 5.78 Å². The normalized spacial score (nSPS) is 37.3. The second-order valence-corrected chi connectivity index (χ2v) is 8.03. The van der Waals surface area contributed by atoms with Crippen molar-refractivity contribution in [2.75, 3.05) is 6.61 Å². The molecule has 1 saturated heterocycles. The predicted molar refractivity (Wildman–Crippen MR) is 102 cm³/mol. The fourth-order valence-corrected chi connectivity index (χ4v) is 4.36. The molecule has 6 heteroatoms. The number of carbonyl (C=O) groups excluding carboxylic acids is 1. The van der Waals surface area contributed by atoms with Gasteiger partial charge in [0.25, 0.3) is 0 Å². The number of carbonyl (C=O) groups is 1. The molecule has 7 atom stereocenters. The van der Waals surface area contributed by atoms with Crippen molar-refractivity contribution in [1.82, 2.24) is 0 Å². The smallest absolute Gasteiger partial charge is 0.161 e. The van der Waals surface area contributed by atoms with Crippen molar-refractivity contribution >= 4 is 5.78 Å². The maximum atomic E-state index is 12.8. The summed E-state index contributed by atoms with van der Waals surface area (Å²) in [6.45, 7) is 3.80. The molecule has 1 fully saturated rings. The molecule has 2 unspecified atom stereocenters. The molecule has 156 valence electrons. The van der Waals surface area contributed by atoms with E-state index in [4.69, 9.17) is 4.74 Å². The molecule has 0 amide bonds. The number of hydrogen-bond donors (Lipinski definition) is 4. The van der Waals surface area contributed by atoms with Crippen molar-refractivity contribution in [3.8, 4) is 0 Å². The number of hydrogen-bond acceptors (Lipinski definition) is 6. The minimum Gasteiger partial charge on any atom is -0.394 e. The van der Waals surface area contributed by atoms with E-state index in [0.717, 1.165) is 19.3 Å². The highest BCUT2D eigenvalue weighted by Gasteiger charge is 2.47. The lowest BCUT2D eigenvalue weighted by molar-refractivity contribution is -0.220. The third-order valence-corrected chi connectivity index (χ3v) is 6.12. The molecule has 0 bridgehead atoms. The van der Waals surface area contributed by atoms with Crippen molar-refractivity contribution in [3.63, 3.8) is 0 Å². The fourth-order valence-electron chi connectivity index (χ4n) is 4.36. The quantitative estimate of drug-likeness (QED) is 0.451. The summed E-state index contributed by atoms with van der Waals surface area (Å²) >= 11 is 0. The van der Waals surface area contributed by atoms with Crippen LogP contribution in [0.4, 0.5) is 0 Å². The molecular weight excluding hydrogens is 348 g/mol. The first-order chi connectivity index (χ1) is 12.9. The molecule has 0 spiro atoms. The highest BCUT2D eigenvalue weighted by molar-refractivity contribution is 5.97. The van der Waals surface area contributed by atoms with Gasteiger partial charge in [-0.3, -0.25) is 4.79 Å². The van der Waals surface area contributed by atoms with Gasteiger partial charge in [-0.05, 0) is 24.7 Å². The molecule has 0 aromatic carbocycles. The van der Waals surface area contributed by atoms with Gasteiger partial charge in [-0.25, -0.2) is 0 Å². The highest BCUT2D eigenvalue weighted by Crippen LogP contribution is 2.37. The van der Waals surface area contributed by atoms with Crippen LogP contribution in [0.1, 0.15) is 65.2 Å². The Labute approximate surface area is 162 Å². The van der Waals surface area contributed by atoms with Crippen LogP contribution in [0.3, 0.4) is 0 Å². The summed E-state index contributed by atoms with van der Waals surface area (Å²) in [4.78, 5) is 12.8. The van der Waals surface area contributed by atoms with Crippen LogP contribution >= 0.6 is 0 Å². The first-order valence-corrected chi connectivity index (χ1v) is 10.5. The van der Waals surface area contributed by atoms with Gasteiger partial charge in [0, 0.05) is 12.0 Å². The van der Waals surface area contributed by atoms with Crippen LogP contribution in [0.5, 0.6) is 0 Å². The first kappa shape index (κ1) is 22.5. The van der Waals surface area contributed by atoms with Gasteiger partial charge < -0.3 is 25.2 Å². The summed E-state index contributed by atoms with van der Waals surface area (Å²) in [7, 11) is 0. The summed E-state index contributed by atoms with van der Waals surface area (Å²) in [5.41, 5.74) is 0.376. The summed E-state index contributed by atoms with van der Waals surface area (Å²) in [6.07, 6.45) is 4.02. The Hall–Kier alpha value is -0.790. The van der Waals surface area contributed by atoms with E-state index in [1.807, 2.05) is 6.08 Å². The van der Waals surface area contributed by atoms with Gasteiger partial charge in [0.1, 0.15) is 30.5 Å². The first-order valence-electron chi connectivity index (χ1n) is 10.5. The van der Waals surface area contributed by atoms with E-state index in [2.05, 4.69) is 13.8 Å². The van der Waals surface area contributed by atoms with Crippen molar-refractivity contribution in [1.29, 1.82) is 0 Å². The monoisotopic (exact) mass is 384 g/mol. The molecule has 0 aromatic heterocycles. The van der Waals surface area contributed by atoms with Gasteiger partial charge in [0.2, 0.25) is 0 Å². The molecule has 1 aliphatic carbocycles. The van der Waals surface area contributed by atoms with Crippen LogP contribution in [0.2, 0.25) is 0 Å². The molecule has 0 aromatic rings. The van der Waals surface area contributed by atoms with Gasteiger partial charge in [0.05, 0.1) is 6.61 Å². The zero-order valence-corrected chi connectivity index (χ0v) is 16.6. The summed E-state index contributed by atoms with van der Waals surface area (Å²) in [6, 6.07) is 0. The second-order valence-electron chi connectivity index (χ2n) is 8.03. The number of allylic oxidation sites excluding steroid dienone is 1. The topological polar surface area (TPSA) is 107 Å². The van der Waals surface area contributed by atoms with Gasteiger partial charge in [-0.15, -0.1) is 0 Å². The molecule has 27 heavy (non-hydrogen) atoms. The Morgan fingerprint density at radius 2 is 1.74 bits per heavy atom. The molecule has 0 saturated carbocycles. The third-order valence-electron chi connectivity index (χ3n) is 6.12. The van der Waals surface area contributed by atoms with Crippen molar-refractivity contribution in [2.24, 2.45) is 11.8 Å². The third kappa shape index (κ3) is 5.39. The Kier molecular flexibility index (Phi) is 8.89. The lowest BCUT2D eigenvalue weighted by atomic mass is 9.74. The summed E-state index contributed by atoms with van der Waals surface area (Å²) < 4.78 is 5.59. The average Bonchev–Trinajstić information content (AvgIpc) is 2.67. The SMILES string of the molecule is CCCCCCCC1CC(=O)C([C@@H]2O[C@H](CO)[C@@H](O)[C@H](O)[C@@H]2O)=CC1CC. The van der Waals surface area contributed by atoms with Crippen LogP contribution in [0, 0.1) is 11.8 Å². The highest BCUT2D eigenvalue weighted by atomic mass is 16.5. The molecule has 6 nitrogen and oxygen atoms in total. The minimum absolute atomic E-state index is 0.0670. The van der Waals surface area contributed by atoms with Crippen molar-refractivity contribution in [3.05, 3.63) is 11.6 Å². The van der Waals surface area contributed by atoms with E-state index < -0.39 is 37.1 Å². The molecule has 2 aliphatic rings. The molecule has 1 heterocycles. The number of aliphatic hydroxyl groups is 4. The number of ketones is 1. The Morgan fingerprint density at radius 1 is 1.04 bits per heavy atom. The van der Waals surface area contributed by atoms with Gasteiger partial charge in [-0.1, -0.05) is 52.0 Å². The van der Waals surface area contributed by atoms with Crippen LogP contribution in [0.25, 0.3) is 0 Å². The lowest BCUT2D eigenvalue weighted by Gasteiger charge is -2.42. The van der Waals surface area contributed by atoms with E-state index in [0.29, 0.717) is 17.9 Å². The molecule has 0 radical (unpaired) electrons. The standard InChI is InChI=1S/C21H36O6/c1-3-5-6-7-8-9-14-11-16(23)15(10-13(14)4-2)21-20(26)19(25)18(24)17(12-22)27-21/h10,13-14,17-22,24-26H,3-9,11-12H2,1-2H3/t13?,14?,17-,18-,19+,20+,21+/m1/s1. The largest absolute Gasteiger partial charge is 0.394 e.